The predicted molar refractivity (Wildman–Crippen MR) is 114 cm³/mol. The number of phenols is 1. The maximum absolute atomic E-state index is 12.7. The molecule has 0 aromatic heterocycles. The van der Waals surface area contributed by atoms with Crippen molar-refractivity contribution >= 4 is 43.0 Å². The summed E-state index contributed by atoms with van der Waals surface area (Å²) in [6, 6.07) is 15.2. The van der Waals surface area contributed by atoms with Gasteiger partial charge in [0.25, 0.3) is 20.0 Å². The maximum atomic E-state index is 12.7. The van der Waals surface area contributed by atoms with E-state index in [1.807, 2.05) is 0 Å². The lowest BCUT2D eigenvalue weighted by molar-refractivity contribution is 0.403. The van der Waals surface area contributed by atoms with E-state index in [0.29, 0.717) is 5.02 Å². The minimum Gasteiger partial charge on any atom is -0.506 e. The zero-order valence-corrected chi connectivity index (χ0v) is 17.9. The molecular formula is C19H17ClN2O6S2. The highest BCUT2D eigenvalue weighted by Crippen LogP contribution is 2.31. The van der Waals surface area contributed by atoms with Gasteiger partial charge in [-0.05, 0) is 48.5 Å². The van der Waals surface area contributed by atoms with Crippen molar-refractivity contribution in [3.8, 4) is 11.5 Å². The second-order valence-corrected chi connectivity index (χ2v) is 9.82. The molecule has 30 heavy (non-hydrogen) atoms. The molecule has 0 aliphatic rings. The molecule has 3 rings (SSSR count). The van der Waals surface area contributed by atoms with E-state index in [0.717, 1.165) is 18.2 Å². The van der Waals surface area contributed by atoms with Crippen LogP contribution in [-0.4, -0.2) is 29.1 Å². The molecular weight excluding hydrogens is 452 g/mol. The van der Waals surface area contributed by atoms with Crippen LogP contribution in [0.25, 0.3) is 0 Å². The summed E-state index contributed by atoms with van der Waals surface area (Å²) in [5.74, 6) is -0.355. The van der Waals surface area contributed by atoms with Crippen LogP contribution >= 0.6 is 11.6 Å². The summed E-state index contributed by atoms with van der Waals surface area (Å²) in [6.45, 7) is 0. The van der Waals surface area contributed by atoms with E-state index in [-0.39, 0.29) is 26.9 Å². The van der Waals surface area contributed by atoms with Crippen LogP contribution < -0.4 is 14.2 Å². The van der Waals surface area contributed by atoms with Crippen LogP contribution in [0.3, 0.4) is 0 Å². The van der Waals surface area contributed by atoms with Crippen molar-refractivity contribution in [2.75, 3.05) is 16.6 Å². The van der Waals surface area contributed by atoms with Gasteiger partial charge in [0.2, 0.25) is 0 Å². The van der Waals surface area contributed by atoms with Crippen molar-refractivity contribution in [3.05, 3.63) is 71.8 Å². The standard InChI is InChI=1S/C19H17ClN2O6S2/c1-28-18-7-2-3-8-19(18)30(26,27)22-16-12-15(9-10-17(16)23)29(24,25)21-14-6-4-5-13(20)11-14/h2-12,21-23H,1H3. The Hall–Kier alpha value is -2.95. The molecule has 0 saturated carbocycles. The van der Waals surface area contributed by atoms with Gasteiger partial charge in [0, 0.05) is 5.02 Å². The Balaban J connectivity index is 1.95. The average Bonchev–Trinajstić information content (AvgIpc) is 2.69. The molecule has 0 atom stereocenters. The number of methoxy groups -OCH3 is 1. The van der Waals surface area contributed by atoms with Gasteiger partial charge in [0.15, 0.2) is 0 Å². The molecule has 0 fully saturated rings. The number of halogens is 1. The highest BCUT2D eigenvalue weighted by Gasteiger charge is 2.22. The molecule has 3 N–H and O–H groups in total. The monoisotopic (exact) mass is 468 g/mol. The molecule has 0 unspecified atom stereocenters. The van der Waals surface area contributed by atoms with E-state index in [1.54, 1.807) is 18.2 Å². The molecule has 3 aromatic rings. The first-order valence-electron chi connectivity index (χ1n) is 8.39. The number of nitrogens with one attached hydrogen (secondary N) is 2. The molecule has 0 saturated heterocycles. The number of para-hydroxylation sites is 1. The molecule has 8 nitrogen and oxygen atoms in total. The SMILES string of the molecule is COc1ccccc1S(=O)(=O)Nc1cc(S(=O)(=O)Nc2cccc(Cl)c2)ccc1O. The van der Waals surface area contributed by atoms with Crippen LogP contribution in [0.2, 0.25) is 5.02 Å². The van der Waals surface area contributed by atoms with Gasteiger partial charge in [-0.1, -0.05) is 29.8 Å². The summed E-state index contributed by atoms with van der Waals surface area (Å²) in [4.78, 5) is -0.435. The second kappa shape index (κ2) is 8.42. The summed E-state index contributed by atoms with van der Waals surface area (Å²) >= 11 is 5.87. The fraction of sp³-hybridized carbons (Fsp3) is 0.0526. The van der Waals surface area contributed by atoms with Gasteiger partial charge in [0.1, 0.15) is 16.4 Å². The highest BCUT2D eigenvalue weighted by molar-refractivity contribution is 7.93. The van der Waals surface area contributed by atoms with Crippen molar-refractivity contribution < 1.29 is 26.7 Å². The van der Waals surface area contributed by atoms with E-state index < -0.39 is 25.8 Å². The Morgan fingerprint density at radius 2 is 1.60 bits per heavy atom. The number of anilines is 2. The first kappa shape index (κ1) is 21.8. The minimum absolute atomic E-state index is 0.0934. The largest absolute Gasteiger partial charge is 0.506 e. The topological polar surface area (TPSA) is 122 Å². The third-order valence-electron chi connectivity index (χ3n) is 3.96. The molecule has 158 valence electrons. The van der Waals surface area contributed by atoms with E-state index in [9.17, 15) is 21.9 Å². The number of sulfonamides is 2. The fourth-order valence-corrected chi connectivity index (χ4v) is 5.07. The molecule has 0 spiro atoms. The first-order valence-corrected chi connectivity index (χ1v) is 11.7. The first-order chi connectivity index (χ1) is 14.1. The van der Waals surface area contributed by atoms with E-state index in [4.69, 9.17) is 16.3 Å². The Morgan fingerprint density at radius 3 is 2.30 bits per heavy atom. The van der Waals surface area contributed by atoms with Crippen LogP contribution in [0.1, 0.15) is 0 Å². The van der Waals surface area contributed by atoms with Crippen LogP contribution in [0.4, 0.5) is 11.4 Å². The molecule has 0 amide bonds. The zero-order valence-electron chi connectivity index (χ0n) is 15.5. The second-order valence-electron chi connectivity index (χ2n) is 6.05. The Labute approximate surface area is 179 Å². The minimum atomic E-state index is -4.17. The van der Waals surface area contributed by atoms with Crippen molar-refractivity contribution in [3.63, 3.8) is 0 Å². The van der Waals surface area contributed by atoms with Crippen LogP contribution in [0, 0.1) is 0 Å². The number of phenolic OH excluding ortho intramolecular Hbond substituents is 1. The number of ether oxygens (including phenoxy) is 1. The van der Waals surface area contributed by atoms with Gasteiger partial charge in [-0.3, -0.25) is 9.44 Å². The van der Waals surface area contributed by atoms with Crippen molar-refractivity contribution in [2.45, 2.75) is 9.79 Å². The molecule has 0 aliphatic heterocycles. The smallest absolute Gasteiger partial charge is 0.265 e. The summed E-state index contributed by atoms with van der Waals surface area (Å²) in [6.07, 6.45) is 0. The van der Waals surface area contributed by atoms with E-state index >= 15 is 0 Å². The van der Waals surface area contributed by atoms with Gasteiger partial charge < -0.3 is 9.84 Å². The van der Waals surface area contributed by atoms with Crippen LogP contribution in [0.15, 0.2) is 76.5 Å². The molecule has 0 bridgehead atoms. The van der Waals surface area contributed by atoms with E-state index in [2.05, 4.69) is 9.44 Å². The number of hydrogen-bond acceptors (Lipinski definition) is 6. The van der Waals surface area contributed by atoms with Gasteiger partial charge in [-0.15, -0.1) is 0 Å². The Kier molecular flexibility index (Phi) is 6.11. The van der Waals surface area contributed by atoms with Crippen LogP contribution in [-0.2, 0) is 20.0 Å². The average molecular weight is 469 g/mol. The number of aromatic hydroxyl groups is 1. The fourth-order valence-electron chi connectivity index (χ4n) is 2.57. The number of hydrogen-bond donors (Lipinski definition) is 3. The molecule has 11 heteroatoms. The summed E-state index contributed by atoms with van der Waals surface area (Å²) in [5, 5.41) is 10.4. The molecule has 3 aromatic carbocycles. The molecule has 0 radical (unpaired) electrons. The lowest BCUT2D eigenvalue weighted by Crippen LogP contribution is -2.16. The van der Waals surface area contributed by atoms with Crippen molar-refractivity contribution in [1.29, 1.82) is 0 Å². The summed E-state index contributed by atoms with van der Waals surface area (Å²) in [5.41, 5.74) is -0.0818. The highest BCUT2D eigenvalue weighted by atomic mass is 35.5. The van der Waals surface area contributed by atoms with Gasteiger partial charge in [-0.2, -0.15) is 0 Å². The van der Waals surface area contributed by atoms with Crippen molar-refractivity contribution in [1.82, 2.24) is 0 Å². The summed E-state index contributed by atoms with van der Waals surface area (Å²) in [7, 11) is -6.93. The summed E-state index contributed by atoms with van der Waals surface area (Å²) < 4.78 is 60.4. The molecule has 0 heterocycles. The Morgan fingerprint density at radius 1 is 0.867 bits per heavy atom. The van der Waals surface area contributed by atoms with Crippen molar-refractivity contribution in [2.24, 2.45) is 0 Å². The third kappa shape index (κ3) is 4.78. The van der Waals surface area contributed by atoms with Gasteiger partial charge in [0.05, 0.1) is 23.4 Å². The van der Waals surface area contributed by atoms with Gasteiger partial charge >= 0.3 is 0 Å². The third-order valence-corrected chi connectivity index (χ3v) is 6.98. The lowest BCUT2D eigenvalue weighted by atomic mass is 10.3. The lowest BCUT2D eigenvalue weighted by Gasteiger charge is -2.14. The van der Waals surface area contributed by atoms with Crippen LogP contribution in [0.5, 0.6) is 11.5 Å². The van der Waals surface area contributed by atoms with E-state index in [1.165, 1.54) is 37.4 Å². The normalized spacial score (nSPS) is 11.7. The zero-order chi connectivity index (χ0) is 21.9. The maximum Gasteiger partial charge on any atom is 0.265 e. The Bertz CT molecular complexity index is 1290. The molecule has 0 aliphatic carbocycles. The number of rotatable bonds is 7. The predicted octanol–water partition coefficient (Wildman–Crippen LogP) is 3.66. The number of benzene rings is 3. The van der Waals surface area contributed by atoms with Gasteiger partial charge in [-0.25, -0.2) is 16.8 Å². The quantitative estimate of drug-likeness (QED) is 0.455.